The van der Waals surface area contributed by atoms with E-state index < -0.39 is 15.8 Å². The van der Waals surface area contributed by atoms with Gasteiger partial charge in [0.2, 0.25) is 0 Å². The van der Waals surface area contributed by atoms with Crippen molar-refractivity contribution < 1.29 is 12.8 Å². The van der Waals surface area contributed by atoms with Crippen LogP contribution in [-0.2, 0) is 10.0 Å². The van der Waals surface area contributed by atoms with Gasteiger partial charge in [-0.1, -0.05) is 29.8 Å². The van der Waals surface area contributed by atoms with Crippen LogP contribution in [0.4, 0.5) is 10.1 Å². The van der Waals surface area contributed by atoms with Crippen molar-refractivity contribution in [1.82, 2.24) is 4.98 Å². The van der Waals surface area contributed by atoms with Gasteiger partial charge in [-0.15, -0.1) is 0 Å². The summed E-state index contributed by atoms with van der Waals surface area (Å²) >= 11 is 5.90. The minimum atomic E-state index is -3.83. The maximum absolute atomic E-state index is 13.3. The predicted molar refractivity (Wildman–Crippen MR) is 77.2 cm³/mol. The summed E-state index contributed by atoms with van der Waals surface area (Å²) in [7, 11) is -3.83. The molecule has 0 aliphatic carbocycles. The molecule has 0 aliphatic heterocycles. The molecule has 2 rings (SSSR count). The quantitative estimate of drug-likeness (QED) is 0.942. The number of sulfonamides is 1. The highest BCUT2D eigenvalue weighted by Gasteiger charge is 2.09. The maximum Gasteiger partial charge on any atom is 0.255 e. The average molecular weight is 313 g/mol. The first kappa shape index (κ1) is 14.5. The summed E-state index contributed by atoms with van der Waals surface area (Å²) in [5.74, 6) is -0.748. The number of halogens is 2. The number of aromatic nitrogens is 1. The zero-order valence-electron chi connectivity index (χ0n) is 10.1. The third-order valence-corrected chi connectivity index (χ3v) is 3.70. The van der Waals surface area contributed by atoms with Crippen molar-refractivity contribution in [3.05, 3.63) is 64.5 Å². The number of anilines is 1. The van der Waals surface area contributed by atoms with Crippen molar-refractivity contribution in [3.63, 3.8) is 0 Å². The Morgan fingerprint density at radius 1 is 1.25 bits per heavy atom. The second kappa shape index (κ2) is 6.02. The van der Waals surface area contributed by atoms with Gasteiger partial charge in [-0.25, -0.2) is 12.8 Å². The SMILES string of the molecule is O=S(=O)(/C=C/c1ccccc1Cl)Nc1ccncc1F. The summed E-state index contributed by atoms with van der Waals surface area (Å²) in [6.45, 7) is 0. The molecule has 0 radical (unpaired) electrons. The summed E-state index contributed by atoms with van der Waals surface area (Å²) < 4.78 is 39.0. The standard InChI is InChI=1S/C13H10ClFN2O2S/c14-11-4-2-1-3-10(11)6-8-20(18,19)17-13-5-7-16-9-12(13)15/h1-9H,(H,16,17)/b8-6+. The highest BCUT2D eigenvalue weighted by atomic mass is 35.5. The molecule has 0 unspecified atom stereocenters. The molecule has 104 valence electrons. The molecule has 0 atom stereocenters. The number of rotatable bonds is 4. The van der Waals surface area contributed by atoms with Crippen molar-refractivity contribution in [2.75, 3.05) is 4.72 Å². The van der Waals surface area contributed by atoms with E-state index in [-0.39, 0.29) is 5.69 Å². The first-order valence-electron chi connectivity index (χ1n) is 5.53. The van der Waals surface area contributed by atoms with Gasteiger partial charge in [-0.3, -0.25) is 9.71 Å². The minimum absolute atomic E-state index is 0.163. The molecule has 0 aliphatic rings. The predicted octanol–water partition coefficient (Wildman–Crippen LogP) is 3.29. The number of hydrogen-bond donors (Lipinski definition) is 1. The van der Waals surface area contributed by atoms with Crippen LogP contribution in [0.2, 0.25) is 5.02 Å². The average Bonchev–Trinajstić information content (AvgIpc) is 2.40. The van der Waals surface area contributed by atoms with Gasteiger partial charge >= 0.3 is 0 Å². The molecule has 1 N–H and O–H groups in total. The van der Waals surface area contributed by atoms with Crippen molar-refractivity contribution in [3.8, 4) is 0 Å². The molecule has 0 saturated heterocycles. The van der Waals surface area contributed by atoms with E-state index in [0.717, 1.165) is 11.6 Å². The van der Waals surface area contributed by atoms with E-state index >= 15 is 0 Å². The number of benzene rings is 1. The molecule has 7 heteroatoms. The lowest BCUT2D eigenvalue weighted by molar-refractivity contribution is 0.605. The summed E-state index contributed by atoms with van der Waals surface area (Å²) in [5, 5.41) is 1.35. The summed E-state index contributed by atoms with van der Waals surface area (Å²) in [4.78, 5) is 3.53. The Bertz CT molecular complexity index is 748. The van der Waals surface area contributed by atoms with E-state index in [2.05, 4.69) is 9.71 Å². The first-order valence-corrected chi connectivity index (χ1v) is 7.45. The van der Waals surface area contributed by atoms with Crippen LogP contribution < -0.4 is 4.72 Å². The Morgan fingerprint density at radius 3 is 2.70 bits per heavy atom. The first-order chi connectivity index (χ1) is 9.48. The van der Waals surface area contributed by atoms with Crippen molar-refractivity contribution in [2.45, 2.75) is 0 Å². The van der Waals surface area contributed by atoms with Gasteiger partial charge in [-0.2, -0.15) is 0 Å². The molecule has 20 heavy (non-hydrogen) atoms. The molecule has 1 aromatic carbocycles. The van der Waals surface area contributed by atoms with E-state index in [4.69, 9.17) is 11.6 Å². The third kappa shape index (κ3) is 3.79. The second-order valence-corrected chi connectivity index (χ2v) is 5.80. The van der Waals surface area contributed by atoms with Gasteiger partial charge in [0.1, 0.15) is 0 Å². The number of nitrogens with zero attached hydrogens (tertiary/aromatic N) is 1. The highest BCUT2D eigenvalue weighted by molar-refractivity contribution is 7.95. The van der Waals surface area contributed by atoms with Crippen LogP contribution in [0, 0.1) is 5.82 Å². The van der Waals surface area contributed by atoms with E-state index in [1.165, 1.54) is 18.3 Å². The molecule has 0 amide bonds. The fraction of sp³-hybridized carbons (Fsp3) is 0. The Hall–Kier alpha value is -1.92. The molecule has 2 aromatic rings. The molecular formula is C13H10ClFN2O2S. The molecule has 1 aromatic heterocycles. The summed E-state index contributed by atoms with van der Waals surface area (Å²) in [6.07, 6.45) is 3.55. The number of hydrogen-bond acceptors (Lipinski definition) is 3. The Morgan fingerprint density at radius 2 is 2.00 bits per heavy atom. The monoisotopic (exact) mass is 312 g/mol. The van der Waals surface area contributed by atoms with Crippen molar-refractivity contribution in [2.24, 2.45) is 0 Å². The smallest absolute Gasteiger partial charge is 0.255 e. The fourth-order valence-electron chi connectivity index (χ4n) is 1.42. The number of nitrogens with one attached hydrogen (secondary N) is 1. The summed E-state index contributed by atoms with van der Waals surface area (Å²) in [6, 6.07) is 8.01. The van der Waals surface area contributed by atoms with Gasteiger partial charge in [0.15, 0.2) is 5.82 Å². The zero-order chi connectivity index (χ0) is 14.6. The van der Waals surface area contributed by atoms with Gasteiger partial charge in [0.25, 0.3) is 10.0 Å². The third-order valence-electron chi connectivity index (χ3n) is 2.36. The van der Waals surface area contributed by atoms with Crippen molar-refractivity contribution in [1.29, 1.82) is 0 Å². The van der Waals surface area contributed by atoms with Gasteiger partial charge < -0.3 is 0 Å². The van der Waals surface area contributed by atoms with E-state index in [0.29, 0.717) is 10.6 Å². The molecule has 0 spiro atoms. The van der Waals surface area contributed by atoms with Crippen LogP contribution >= 0.6 is 11.6 Å². The van der Waals surface area contributed by atoms with E-state index in [1.807, 2.05) is 0 Å². The van der Waals surface area contributed by atoms with Gasteiger partial charge in [0, 0.05) is 11.2 Å². The maximum atomic E-state index is 13.3. The van der Waals surface area contributed by atoms with Gasteiger partial charge in [-0.05, 0) is 23.8 Å². The molecule has 0 saturated carbocycles. The van der Waals surface area contributed by atoms with Crippen molar-refractivity contribution >= 4 is 33.4 Å². The topological polar surface area (TPSA) is 59.1 Å². The second-order valence-electron chi connectivity index (χ2n) is 3.83. The summed E-state index contributed by atoms with van der Waals surface area (Å²) in [5.41, 5.74) is 0.388. The number of pyridine rings is 1. The lowest BCUT2D eigenvalue weighted by Gasteiger charge is -2.04. The lowest BCUT2D eigenvalue weighted by atomic mass is 10.2. The van der Waals surface area contributed by atoms with Crippen LogP contribution in [0.5, 0.6) is 0 Å². The molecule has 0 fully saturated rings. The van der Waals surface area contributed by atoms with Gasteiger partial charge in [0.05, 0.1) is 17.3 Å². The molecule has 1 heterocycles. The molecule has 4 nitrogen and oxygen atoms in total. The van der Waals surface area contributed by atoms with E-state index in [9.17, 15) is 12.8 Å². The Labute approximate surface area is 121 Å². The largest absolute Gasteiger partial charge is 0.277 e. The van der Waals surface area contributed by atoms with Crippen LogP contribution in [0.25, 0.3) is 6.08 Å². The van der Waals surface area contributed by atoms with E-state index in [1.54, 1.807) is 24.3 Å². The normalized spacial score (nSPS) is 11.7. The highest BCUT2D eigenvalue weighted by Crippen LogP contribution is 2.18. The van der Waals surface area contributed by atoms with Crippen LogP contribution in [0.15, 0.2) is 48.1 Å². The Balaban J connectivity index is 2.20. The van der Waals surface area contributed by atoms with Crippen LogP contribution in [0.1, 0.15) is 5.56 Å². The minimum Gasteiger partial charge on any atom is -0.277 e. The zero-order valence-corrected chi connectivity index (χ0v) is 11.7. The molecular weight excluding hydrogens is 303 g/mol. The van der Waals surface area contributed by atoms with Crippen LogP contribution in [0.3, 0.4) is 0 Å². The lowest BCUT2D eigenvalue weighted by Crippen LogP contribution is -2.10. The Kier molecular flexibility index (Phi) is 4.36. The molecule has 0 bridgehead atoms. The fourth-order valence-corrected chi connectivity index (χ4v) is 2.48. The van der Waals surface area contributed by atoms with Crippen LogP contribution in [-0.4, -0.2) is 13.4 Å².